The van der Waals surface area contributed by atoms with Gasteiger partial charge in [-0.05, 0) is 36.4 Å². The van der Waals surface area contributed by atoms with Gasteiger partial charge in [0.25, 0.3) is 10.0 Å². The highest BCUT2D eigenvalue weighted by Gasteiger charge is 2.30. The van der Waals surface area contributed by atoms with Crippen molar-refractivity contribution in [2.45, 2.75) is 16.0 Å². The van der Waals surface area contributed by atoms with E-state index in [0.29, 0.717) is 0 Å². The lowest BCUT2D eigenvalue weighted by Gasteiger charge is -2.11. The second kappa shape index (κ2) is 7.02. The monoisotopic (exact) mass is 394 g/mol. The van der Waals surface area contributed by atoms with Crippen molar-refractivity contribution in [3.05, 3.63) is 54.6 Å². The Morgan fingerprint density at radius 2 is 1.28 bits per heavy atom. The van der Waals surface area contributed by atoms with Crippen LogP contribution in [0, 0.1) is 0 Å². The third-order valence-electron chi connectivity index (χ3n) is 2.93. The summed E-state index contributed by atoms with van der Waals surface area (Å²) in [6.07, 6.45) is -4.68. The third kappa shape index (κ3) is 5.44. The van der Waals surface area contributed by atoms with E-state index in [-0.39, 0.29) is 10.6 Å². The van der Waals surface area contributed by atoms with Crippen LogP contribution >= 0.6 is 0 Å². The lowest BCUT2D eigenvalue weighted by Crippen LogP contribution is -2.33. The van der Waals surface area contributed by atoms with Gasteiger partial charge in [0.2, 0.25) is 10.0 Å². The molecule has 2 aromatic carbocycles. The largest absolute Gasteiger partial charge is 0.402 e. The van der Waals surface area contributed by atoms with E-state index in [1.807, 2.05) is 0 Å². The van der Waals surface area contributed by atoms with Gasteiger partial charge in [-0.3, -0.25) is 4.72 Å². The molecule has 0 atom stereocenters. The van der Waals surface area contributed by atoms with Crippen molar-refractivity contribution >= 4 is 25.7 Å². The molecule has 0 unspecified atom stereocenters. The molecule has 136 valence electrons. The number of hydrogen-bond acceptors (Lipinski definition) is 4. The minimum absolute atomic E-state index is 0.0125. The zero-order valence-corrected chi connectivity index (χ0v) is 14.1. The maximum Gasteiger partial charge on any atom is 0.402 e. The Balaban J connectivity index is 2.15. The summed E-state index contributed by atoms with van der Waals surface area (Å²) >= 11 is 0. The van der Waals surface area contributed by atoms with Gasteiger partial charge in [-0.25, -0.2) is 21.6 Å². The number of alkyl halides is 3. The molecule has 6 nitrogen and oxygen atoms in total. The van der Waals surface area contributed by atoms with Gasteiger partial charge in [0.15, 0.2) is 0 Å². The fourth-order valence-corrected chi connectivity index (χ4v) is 3.87. The molecule has 0 saturated heterocycles. The Morgan fingerprint density at radius 3 is 1.80 bits per heavy atom. The first-order chi connectivity index (χ1) is 11.5. The van der Waals surface area contributed by atoms with Crippen LogP contribution in [0.3, 0.4) is 0 Å². The van der Waals surface area contributed by atoms with Crippen LogP contribution in [-0.4, -0.2) is 29.6 Å². The van der Waals surface area contributed by atoms with E-state index in [4.69, 9.17) is 0 Å². The molecule has 2 N–H and O–H groups in total. The Kier molecular flexibility index (Phi) is 5.40. The molecular formula is C14H13F3N2O4S2. The molecule has 25 heavy (non-hydrogen) atoms. The standard InChI is InChI=1S/C14H13F3N2O4S2/c15-14(16,17)10-18-24(20,21)13-8-6-11(7-9-13)19-25(22,23)12-4-2-1-3-5-12/h1-9,18-19H,10H2. The molecule has 0 saturated carbocycles. The summed E-state index contributed by atoms with van der Waals surface area (Å²) in [5.41, 5.74) is 0.0682. The van der Waals surface area contributed by atoms with Gasteiger partial charge in [-0.2, -0.15) is 13.2 Å². The fraction of sp³-hybridized carbons (Fsp3) is 0.143. The molecule has 0 aliphatic carbocycles. The van der Waals surface area contributed by atoms with E-state index >= 15 is 0 Å². The maximum absolute atomic E-state index is 12.1. The predicted octanol–water partition coefficient (Wildman–Crippen LogP) is 2.33. The highest BCUT2D eigenvalue weighted by atomic mass is 32.2. The Bertz CT molecular complexity index is 926. The van der Waals surface area contributed by atoms with Gasteiger partial charge < -0.3 is 0 Å². The lowest BCUT2D eigenvalue weighted by atomic mass is 10.3. The molecule has 0 aliphatic heterocycles. The summed E-state index contributed by atoms with van der Waals surface area (Å²) in [6.45, 7) is -1.70. The number of anilines is 1. The van der Waals surface area contributed by atoms with Gasteiger partial charge in [0.05, 0.1) is 9.79 Å². The molecule has 0 heterocycles. The molecule has 11 heteroatoms. The van der Waals surface area contributed by atoms with Crippen LogP contribution in [0.15, 0.2) is 64.4 Å². The number of sulfonamides is 2. The maximum atomic E-state index is 12.1. The zero-order valence-electron chi connectivity index (χ0n) is 12.5. The quantitative estimate of drug-likeness (QED) is 0.787. The van der Waals surface area contributed by atoms with Crippen LogP contribution in [0.2, 0.25) is 0 Å². The van der Waals surface area contributed by atoms with Crippen LogP contribution in [0.25, 0.3) is 0 Å². The summed E-state index contributed by atoms with van der Waals surface area (Å²) in [5, 5.41) is 0. The van der Waals surface area contributed by atoms with Crippen molar-refractivity contribution < 1.29 is 30.0 Å². The van der Waals surface area contributed by atoms with Crippen LogP contribution in [0.4, 0.5) is 18.9 Å². The van der Waals surface area contributed by atoms with Gasteiger partial charge >= 0.3 is 6.18 Å². The number of halogens is 3. The van der Waals surface area contributed by atoms with Crippen molar-refractivity contribution in [1.29, 1.82) is 0 Å². The number of nitrogens with one attached hydrogen (secondary N) is 2. The van der Waals surface area contributed by atoms with E-state index in [2.05, 4.69) is 4.72 Å². The second-order valence-corrected chi connectivity index (χ2v) is 8.33. The molecule has 0 fully saturated rings. The van der Waals surface area contributed by atoms with Gasteiger partial charge in [-0.15, -0.1) is 0 Å². The minimum Gasteiger partial charge on any atom is -0.280 e. The molecule has 2 rings (SSSR count). The van der Waals surface area contributed by atoms with E-state index in [1.54, 1.807) is 6.07 Å². The molecule has 0 aliphatic rings. The van der Waals surface area contributed by atoms with E-state index in [0.717, 1.165) is 24.3 Å². The summed E-state index contributed by atoms with van der Waals surface area (Å²) in [7, 11) is -8.21. The van der Waals surface area contributed by atoms with Gasteiger partial charge in [-0.1, -0.05) is 18.2 Å². The van der Waals surface area contributed by atoms with Crippen molar-refractivity contribution in [2.24, 2.45) is 0 Å². The first-order valence-electron chi connectivity index (χ1n) is 6.74. The molecule has 0 amide bonds. The lowest BCUT2D eigenvalue weighted by molar-refractivity contribution is -0.121. The van der Waals surface area contributed by atoms with Crippen LogP contribution in [-0.2, 0) is 20.0 Å². The van der Waals surface area contributed by atoms with Crippen LogP contribution in [0.1, 0.15) is 0 Å². The molecular weight excluding hydrogens is 381 g/mol. The average molecular weight is 394 g/mol. The average Bonchev–Trinajstić information content (AvgIpc) is 2.53. The normalized spacial score (nSPS) is 12.8. The molecule has 0 aromatic heterocycles. The summed E-state index contributed by atoms with van der Waals surface area (Å²) in [5.74, 6) is 0. The third-order valence-corrected chi connectivity index (χ3v) is 5.75. The van der Waals surface area contributed by atoms with Crippen molar-refractivity contribution in [1.82, 2.24) is 4.72 Å². The SMILES string of the molecule is O=S(=O)(NCC(F)(F)F)c1ccc(NS(=O)(=O)c2ccccc2)cc1. The second-order valence-electron chi connectivity index (χ2n) is 4.88. The van der Waals surface area contributed by atoms with Crippen molar-refractivity contribution in [3.8, 4) is 0 Å². The highest BCUT2D eigenvalue weighted by molar-refractivity contribution is 7.92. The van der Waals surface area contributed by atoms with Crippen LogP contribution < -0.4 is 9.44 Å². The Morgan fingerprint density at radius 1 is 0.760 bits per heavy atom. The number of hydrogen-bond donors (Lipinski definition) is 2. The Labute approximate surface area is 142 Å². The zero-order chi connectivity index (χ0) is 18.7. The van der Waals surface area contributed by atoms with Crippen LogP contribution in [0.5, 0.6) is 0 Å². The highest BCUT2D eigenvalue weighted by Crippen LogP contribution is 2.19. The fourth-order valence-electron chi connectivity index (χ4n) is 1.78. The summed E-state index contributed by atoms with van der Waals surface area (Å²) in [4.78, 5) is -0.405. The predicted molar refractivity (Wildman–Crippen MR) is 84.9 cm³/mol. The molecule has 0 spiro atoms. The van der Waals surface area contributed by atoms with Gasteiger partial charge in [0, 0.05) is 5.69 Å². The smallest absolute Gasteiger partial charge is 0.280 e. The molecule has 2 aromatic rings. The van der Waals surface area contributed by atoms with E-state index < -0.39 is 37.7 Å². The molecule has 0 bridgehead atoms. The van der Waals surface area contributed by atoms with E-state index in [1.165, 1.54) is 29.0 Å². The van der Waals surface area contributed by atoms with E-state index in [9.17, 15) is 30.0 Å². The van der Waals surface area contributed by atoms with Crippen molar-refractivity contribution in [2.75, 3.05) is 11.3 Å². The topological polar surface area (TPSA) is 92.3 Å². The molecule has 0 radical (unpaired) electrons. The first kappa shape index (κ1) is 19.2. The minimum atomic E-state index is -4.68. The number of rotatable bonds is 6. The summed E-state index contributed by atoms with van der Waals surface area (Å²) in [6, 6.07) is 11.8. The summed E-state index contributed by atoms with van der Waals surface area (Å²) < 4.78 is 87.7. The van der Waals surface area contributed by atoms with Crippen molar-refractivity contribution in [3.63, 3.8) is 0 Å². The Hall–Kier alpha value is -2.11. The number of benzene rings is 2. The van der Waals surface area contributed by atoms with Gasteiger partial charge in [0.1, 0.15) is 6.54 Å². The first-order valence-corrected chi connectivity index (χ1v) is 9.71.